The normalized spacial score (nSPS) is 20.8. The molecule has 0 radical (unpaired) electrons. The Kier molecular flexibility index (Phi) is 7.71. The molecule has 2 aliphatic rings. The summed E-state index contributed by atoms with van der Waals surface area (Å²) >= 11 is 0. The number of rotatable bonds is 4. The van der Waals surface area contributed by atoms with Crippen LogP contribution in [0, 0.1) is 17.6 Å². The maximum absolute atomic E-state index is 13.4. The van der Waals surface area contributed by atoms with Crippen LogP contribution in [-0.2, 0) is 0 Å². The van der Waals surface area contributed by atoms with Crippen molar-refractivity contribution in [2.75, 3.05) is 44.2 Å². The highest BCUT2D eigenvalue weighted by Crippen LogP contribution is 2.25. The molecule has 0 aromatic heterocycles. The molecule has 1 atom stereocenters. The molecule has 2 fully saturated rings. The second-order valence-corrected chi connectivity index (χ2v) is 6.59. The van der Waals surface area contributed by atoms with Crippen LogP contribution in [0.5, 0.6) is 0 Å². The molecule has 0 bridgehead atoms. The van der Waals surface area contributed by atoms with Gasteiger partial charge in [-0.2, -0.15) is 0 Å². The van der Waals surface area contributed by atoms with Gasteiger partial charge in [-0.1, -0.05) is 0 Å². The van der Waals surface area contributed by atoms with E-state index in [1.165, 1.54) is 25.0 Å². The summed E-state index contributed by atoms with van der Waals surface area (Å²) in [6.07, 6.45) is 3.50. The molecule has 25 heavy (non-hydrogen) atoms. The van der Waals surface area contributed by atoms with Gasteiger partial charge in [0.15, 0.2) is 17.6 Å². The molecule has 2 aliphatic heterocycles. The third-order valence-corrected chi connectivity index (χ3v) is 4.79. The van der Waals surface area contributed by atoms with Gasteiger partial charge in [-0.15, -0.1) is 24.0 Å². The van der Waals surface area contributed by atoms with Crippen molar-refractivity contribution in [1.82, 2.24) is 10.2 Å². The fraction of sp³-hybridized carbons (Fsp3) is 0.611. The number of anilines is 1. The van der Waals surface area contributed by atoms with E-state index in [-0.39, 0.29) is 24.0 Å². The van der Waals surface area contributed by atoms with Gasteiger partial charge in [0.2, 0.25) is 0 Å². The van der Waals surface area contributed by atoms with Crippen LogP contribution in [-0.4, -0.2) is 50.1 Å². The Labute approximate surface area is 165 Å². The number of nitrogens with zero attached hydrogens (tertiary/aromatic N) is 3. The second-order valence-electron chi connectivity index (χ2n) is 6.59. The van der Waals surface area contributed by atoms with Gasteiger partial charge in [0, 0.05) is 51.0 Å². The molecular formula is C18H27F2IN4. The number of hydrogen-bond donors (Lipinski definition) is 1. The first-order chi connectivity index (χ1) is 11.7. The van der Waals surface area contributed by atoms with Crippen LogP contribution in [0.4, 0.5) is 14.5 Å². The number of hydrogen-bond acceptors (Lipinski definition) is 2. The molecule has 1 N–H and O–H groups in total. The highest BCUT2D eigenvalue weighted by atomic mass is 127. The second kappa shape index (κ2) is 9.54. The Bertz CT molecular complexity index is 590. The molecule has 0 amide bonds. The zero-order valence-electron chi connectivity index (χ0n) is 14.7. The average molecular weight is 464 g/mol. The van der Waals surface area contributed by atoms with Crippen LogP contribution < -0.4 is 10.2 Å². The van der Waals surface area contributed by atoms with E-state index < -0.39 is 11.6 Å². The van der Waals surface area contributed by atoms with Crippen LogP contribution in [0.1, 0.15) is 26.2 Å². The molecule has 140 valence electrons. The maximum atomic E-state index is 13.4. The summed E-state index contributed by atoms with van der Waals surface area (Å²) < 4.78 is 26.5. The van der Waals surface area contributed by atoms with Gasteiger partial charge >= 0.3 is 0 Å². The van der Waals surface area contributed by atoms with Gasteiger partial charge in [0.25, 0.3) is 0 Å². The average Bonchev–Trinajstić information content (AvgIpc) is 3.25. The summed E-state index contributed by atoms with van der Waals surface area (Å²) in [4.78, 5) is 9.25. The Balaban J connectivity index is 0.00000225. The number of guanidine groups is 1. The lowest BCUT2D eigenvalue weighted by molar-refractivity contribution is 0.487. The van der Waals surface area contributed by atoms with Crippen LogP contribution >= 0.6 is 24.0 Å². The van der Waals surface area contributed by atoms with E-state index in [4.69, 9.17) is 4.99 Å². The summed E-state index contributed by atoms with van der Waals surface area (Å²) in [5.74, 6) is -0.104. The summed E-state index contributed by atoms with van der Waals surface area (Å²) in [6, 6.07) is 4.14. The van der Waals surface area contributed by atoms with Crippen molar-refractivity contribution in [1.29, 1.82) is 0 Å². The van der Waals surface area contributed by atoms with Gasteiger partial charge in [-0.05, 0) is 44.2 Å². The molecule has 2 saturated heterocycles. The van der Waals surface area contributed by atoms with Crippen molar-refractivity contribution in [3.8, 4) is 0 Å². The van der Waals surface area contributed by atoms with Crippen molar-refractivity contribution in [3.05, 3.63) is 29.8 Å². The van der Waals surface area contributed by atoms with E-state index in [0.717, 1.165) is 57.3 Å². The van der Waals surface area contributed by atoms with Gasteiger partial charge < -0.3 is 15.1 Å². The number of likely N-dealkylation sites (tertiary alicyclic amines) is 1. The Hall–Kier alpha value is -1.12. The first-order valence-corrected chi connectivity index (χ1v) is 8.90. The number of aliphatic imine (C=N–C) groups is 1. The molecule has 0 aliphatic carbocycles. The fourth-order valence-electron chi connectivity index (χ4n) is 3.47. The third kappa shape index (κ3) is 5.18. The highest BCUT2D eigenvalue weighted by molar-refractivity contribution is 14.0. The van der Waals surface area contributed by atoms with Crippen LogP contribution in [0.15, 0.2) is 23.2 Å². The molecule has 1 aromatic carbocycles. The monoisotopic (exact) mass is 464 g/mol. The summed E-state index contributed by atoms with van der Waals surface area (Å²) in [7, 11) is 0. The zero-order chi connectivity index (χ0) is 16.9. The topological polar surface area (TPSA) is 30.9 Å². The lowest BCUT2D eigenvalue weighted by atomic mass is 10.1. The summed E-state index contributed by atoms with van der Waals surface area (Å²) in [5, 5.41) is 3.38. The maximum Gasteiger partial charge on any atom is 0.193 e. The highest BCUT2D eigenvalue weighted by Gasteiger charge is 2.24. The first kappa shape index (κ1) is 20.2. The lowest BCUT2D eigenvalue weighted by Crippen LogP contribution is -2.40. The van der Waals surface area contributed by atoms with E-state index in [1.54, 1.807) is 6.07 Å². The van der Waals surface area contributed by atoms with Crippen molar-refractivity contribution >= 4 is 35.6 Å². The Morgan fingerprint density at radius 1 is 1.20 bits per heavy atom. The lowest BCUT2D eigenvalue weighted by Gasteiger charge is -2.22. The minimum Gasteiger partial charge on any atom is -0.371 e. The SMILES string of the molecule is CCNC(=NCC1CCN(c2ccc(F)c(F)c2)C1)N1CCCC1.I. The minimum atomic E-state index is -0.792. The molecule has 0 spiro atoms. The van der Waals surface area contributed by atoms with Crippen molar-refractivity contribution in [2.45, 2.75) is 26.2 Å². The Morgan fingerprint density at radius 3 is 2.64 bits per heavy atom. The zero-order valence-corrected chi connectivity index (χ0v) is 17.0. The largest absolute Gasteiger partial charge is 0.371 e. The summed E-state index contributed by atoms with van der Waals surface area (Å²) in [5.41, 5.74) is 0.756. The molecule has 4 nitrogen and oxygen atoms in total. The summed E-state index contributed by atoms with van der Waals surface area (Å²) in [6.45, 7) is 7.61. The smallest absolute Gasteiger partial charge is 0.193 e. The number of nitrogens with one attached hydrogen (secondary N) is 1. The van der Waals surface area contributed by atoms with E-state index in [1.807, 2.05) is 0 Å². The van der Waals surface area contributed by atoms with Crippen molar-refractivity contribution in [2.24, 2.45) is 10.9 Å². The molecule has 2 heterocycles. The van der Waals surface area contributed by atoms with E-state index >= 15 is 0 Å². The van der Waals surface area contributed by atoms with Gasteiger partial charge in [0.05, 0.1) is 0 Å². The van der Waals surface area contributed by atoms with Crippen LogP contribution in [0.2, 0.25) is 0 Å². The van der Waals surface area contributed by atoms with E-state index in [0.29, 0.717) is 5.92 Å². The van der Waals surface area contributed by atoms with E-state index in [2.05, 4.69) is 22.0 Å². The molecule has 1 aromatic rings. The molecule has 1 unspecified atom stereocenters. The van der Waals surface area contributed by atoms with Crippen LogP contribution in [0.3, 0.4) is 0 Å². The minimum absolute atomic E-state index is 0. The predicted octanol–water partition coefficient (Wildman–Crippen LogP) is 3.47. The van der Waals surface area contributed by atoms with Gasteiger partial charge in [0.1, 0.15) is 0 Å². The number of halogens is 3. The van der Waals surface area contributed by atoms with Gasteiger partial charge in [-0.3, -0.25) is 4.99 Å². The Morgan fingerprint density at radius 2 is 1.96 bits per heavy atom. The van der Waals surface area contributed by atoms with Gasteiger partial charge in [-0.25, -0.2) is 8.78 Å². The predicted molar refractivity (Wildman–Crippen MR) is 109 cm³/mol. The molecule has 0 saturated carbocycles. The first-order valence-electron chi connectivity index (χ1n) is 8.90. The van der Waals surface area contributed by atoms with Crippen LogP contribution in [0.25, 0.3) is 0 Å². The van der Waals surface area contributed by atoms with Crippen molar-refractivity contribution in [3.63, 3.8) is 0 Å². The standard InChI is InChI=1S/C18H26F2N4.HI/c1-2-21-18(23-8-3-4-9-23)22-12-14-7-10-24(13-14)15-5-6-16(19)17(20)11-15;/h5-6,11,14H,2-4,7-10,12-13H2,1H3,(H,21,22);1H. The quantitative estimate of drug-likeness (QED) is 0.421. The van der Waals surface area contributed by atoms with Crippen molar-refractivity contribution < 1.29 is 8.78 Å². The molecule has 7 heteroatoms. The third-order valence-electron chi connectivity index (χ3n) is 4.79. The van der Waals surface area contributed by atoms with E-state index in [9.17, 15) is 8.78 Å². The molecular weight excluding hydrogens is 437 g/mol. The number of benzene rings is 1. The molecule has 3 rings (SSSR count). The fourth-order valence-corrected chi connectivity index (χ4v) is 3.47.